The van der Waals surface area contributed by atoms with Gasteiger partial charge in [0.05, 0.1) is 6.61 Å². The average Bonchev–Trinajstić information content (AvgIpc) is 2.77. The topological polar surface area (TPSA) is 63.6 Å². The highest BCUT2D eigenvalue weighted by atomic mass is 16.5. The second-order valence-electron chi connectivity index (χ2n) is 9.54. The van der Waals surface area contributed by atoms with Gasteiger partial charge in [0.25, 0.3) is 0 Å². The molecule has 0 aromatic carbocycles. The predicted molar refractivity (Wildman–Crippen MR) is 135 cm³/mol. The van der Waals surface area contributed by atoms with Gasteiger partial charge in [-0.25, -0.2) is 0 Å². The summed E-state index contributed by atoms with van der Waals surface area (Å²) in [6.45, 7) is 2.85. The second-order valence-corrected chi connectivity index (χ2v) is 9.54. The third-order valence-electron chi connectivity index (χ3n) is 6.28. The van der Waals surface area contributed by atoms with Gasteiger partial charge >= 0.3 is 11.9 Å². The summed E-state index contributed by atoms with van der Waals surface area (Å²) in [5.74, 6) is -0.770. The first kappa shape index (κ1) is 30.9. The number of carbonyl (C=O) groups excluding carboxylic acids is 1. The molecule has 0 spiro atoms. The molecule has 0 aromatic heterocycles. The maximum atomic E-state index is 11.7. The van der Waals surface area contributed by atoms with Crippen LogP contribution in [0.5, 0.6) is 0 Å². The molecule has 4 heteroatoms. The van der Waals surface area contributed by atoms with Gasteiger partial charge in [0, 0.05) is 12.8 Å². The molecule has 0 aromatic rings. The van der Waals surface area contributed by atoms with Crippen LogP contribution in [0, 0.1) is 0 Å². The van der Waals surface area contributed by atoms with Crippen LogP contribution in [0.1, 0.15) is 161 Å². The van der Waals surface area contributed by atoms with Crippen LogP contribution in [0.3, 0.4) is 0 Å². The van der Waals surface area contributed by atoms with E-state index in [1.807, 2.05) is 0 Å². The molecule has 0 fully saturated rings. The van der Waals surface area contributed by atoms with E-state index in [1.165, 1.54) is 96.3 Å². The lowest BCUT2D eigenvalue weighted by atomic mass is 10.0. The van der Waals surface area contributed by atoms with Crippen molar-refractivity contribution in [1.29, 1.82) is 0 Å². The Bertz CT molecular complexity index is 408. The Hall–Kier alpha value is -1.06. The Morgan fingerprint density at radius 3 is 1.25 bits per heavy atom. The molecule has 0 saturated carbocycles. The van der Waals surface area contributed by atoms with Crippen molar-refractivity contribution in [2.24, 2.45) is 0 Å². The van der Waals surface area contributed by atoms with E-state index in [2.05, 4.69) is 6.92 Å². The number of rotatable bonds is 26. The monoisotopic (exact) mass is 454 g/mol. The Morgan fingerprint density at radius 2 is 0.844 bits per heavy atom. The van der Waals surface area contributed by atoms with Gasteiger partial charge in [-0.1, -0.05) is 129 Å². The number of hydrogen-bond donors (Lipinski definition) is 1. The van der Waals surface area contributed by atoms with Crippen molar-refractivity contribution < 1.29 is 19.4 Å². The predicted octanol–water partition coefficient (Wildman–Crippen LogP) is 9.00. The first-order valence-electron chi connectivity index (χ1n) is 14.0. The van der Waals surface area contributed by atoms with Crippen LogP contribution in [0.25, 0.3) is 0 Å². The Kier molecular flexibility index (Phi) is 25.3. The summed E-state index contributed by atoms with van der Waals surface area (Å²) in [6, 6.07) is 0. The molecule has 4 nitrogen and oxygen atoms in total. The molecule has 0 bridgehead atoms. The van der Waals surface area contributed by atoms with E-state index in [4.69, 9.17) is 9.84 Å². The van der Waals surface area contributed by atoms with Crippen LogP contribution in [-0.2, 0) is 14.3 Å². The van der Waals surface area contributed by atoms with E-state index in [-0.39, 0.29) is 12.4 Å². The first-order valence-corrected chi connectivity index (χ1v) is 14.0. The van der Waals surface area contributed by atoms with Gasteiger partial charge in [-0.15, -0.1) is 0 Å². The van der Waals surface area contributed by atoms with E-state index < -0.39 is 5.97 Å². The number of carboxylic acids is 1. The number of carboxylic acid groups (broad SMARTS) is 1. The van der Waals surface area contributed by atoms with Crippen molar-refractivity contribution in [3.63, 3.8) is 0 Å². The lowest BCUT2D eigenvalue weighted by Gasteiger charge is -2.05. The number of ether oxygens (including phenoxy) is 1. The van der Waals surface area contributed by atoms with Crippen molar-refractivity contribution in [3.8, 4) is 0 Å². The lowest BCUT2D eigenvalue weighted by molar-refractivity contribution is -0.144. The van der Waals surface area contributed by atoms with Crippen molar-refractivity contribution in [3.05, 3.63) is 0 Å². The number of esters is 1. The number of carbonyl (C=O) groups is 2. The summed E-state index contributed by atoms with van der Waals surface area (Å²) in [6.07, 6.45) is 28.2. The molecule has 0 rings (SSSR count). The fourth-order valence-corrected chi connectivity index (χ4v) is 4.16. The maximum absolute atomic E-state index is 11.7. The molecule has 0 saturated heterocycles. The van der Waals surface area contributed by atoms with Gasteiger partial charge in [0.15, 0.2) is 0 Å². The quantitative estimate of drug-likeness (QED) is 0.105. The third-order valence-corrected chi connectivity index (χ3v) is 6.28. The molecule has 0 aliphatic rings. The average molecular weight is 455 g/mol. The minimum Gasteiger partial charge on any atom is -0.481 e. The zero-order valence-corrected chi connectivity index (χ0v) is 21.3. The summed E-state index contributed by atoms with van der Waals surface area (Å²) < 4.78 is 5.33. The van der Waals surface area contributed by atoms with Crippen LogP contribution in [0.15, 0.2) is 0 Å². The highest BCUT2D eigenvalue weighted by Crippen LogP contribution is 2.14. The van der Waals surface area contributed by atoms with E-state index in [1.54, 1.807) is 0 Å². The SMILES string of the molecule is CCCCCCCCCCCCCCCCCCOC(=O)CCCCCCCCC(=O)O. The van der Waals surface area contributed by atoms with Gasteiger partial charge in [-0.2, -0.15) is 0 Å². The van der Waals surface area contributed by atoms with Crippen molar-refractivity contribution in [2.75, 3.05) is 6.61 Å². The summed E-state index contributed by atoms with van der Waals surface area (Å²) in [7, 11) is 0. The van der Waals surface area contributed by atoms with Crippen LogP contribution >= 0.6 is 0 Å². The highest BCUT2D eigenvalue weighted by Gasteiger charge is 2.03. The van der Waals surface area contributed by atoms with Crippen LogP contribution in [0.2, 0.25) is 0 Å². The standard InChI is InChI=1S/C28H54O4/c1-2-3-4-5-6-7-8-9-10-11-12-13-14-17-20-23-26-32-28(31)25-22-19-16-15-18-21-24-27(29)30/h2-26H2,1H3,(H,29,30). The van der Waals surface area contributed by atoms with Gasteiger partial charge in [-0.3, -0.25) is 9.59 Å². The minimum atomic E-state index is -0.711. The molecule has 1 N–H and O–H groups in total. The fourth-order valence-electron chi connectivity index (χ4n) is 4.16. The Balaban J connectivity index is 3.14. The Labute approximate surface area is 199 Å². The van der Waals surface area contributed by atoms with Gasteiger partial charge in [0.1, 0.15) is 0 Å². The van der Waals surface area contributed by atoms with E-state index in [0.29, 0.717) is 13.0 Å². The molecule has 0 unspecified atom stereocenters. The maximum Gasteiger partial charge on any atom is 0.305 e. The fraction of sp³-hybridized carbons (Fsp3) is 0.929. The van der Waals surface area contributed by atoms with E-state index >= 15 is 0 Å². The summed E-state index contributed by atoms with van der Waals surface area (Å²) >= 11 is 0. The molecule has 32 heavy (non-hydrogen) atoms. The molecule has 0 heterocycles. The molecule has 0 atom stereocenters. The summed E-state index contributed by atoms with van der Waals surface area (Å²) in [5, 5.41) is 8.58. The zero-order valence-electron chi connectivity index (χ0n) is 21.3. The van der Waals surface area contributed by atoms with Crippen molar-refractivity contribution in [1.82, 2.24) is 0 Å². The van der Waals surface area contributed by atoms with Crippen LogP contribution in [0.4, 0.5) is 0 Å². The van der Waals surface area contributed by atoms with Gasteiger partial charge < -0.3 is 9.84 Å². The molecular weight excluding hydrogens is 400 g/mol. The van der Waals surface area contributed by atoms with Crippen LogP contribution in [-0.4, -0.2) is 23.7 Å². The molecule has 0 aliphatic carbocycles. The van der Waals surface area contributed by atoms with Crippen molar-refractivity contribution in [2.45, 2.75) is 161 Å². The van der Waals surface area contributed by atoms with Crippen LogP contribution < -0.4 is 0 Å². The molecule has 0 amide bonds. The van der Waals surface area contributed by atoms with Gasteiger partial charge in [-0.05, 0) is 19.3 Å². The van der Waals surface area contributed by atoms with Gasteiger partial charge in [0.2, 0.25) is 0 Å². The lowest BCUT2D eigenvalue weighted by Crippen LogP contribution is -2.05. The minimum absolute atomic E-state index is 0.0585. The zero-order chi connectivity index (χ0) is 23.5. The molecule has 0 radical (unpaired) electrons. The number of hydrogen-bond acceptors (Lipinski definition) is 3. The summed E-state index contributed by atoms with van der Waals surface area (Å²) in [4.78, 5) is 22.1. The number of unbranched alkanes of at least 4 members (excludes halogenated alkanes) is 20. The number of aliphatic carboxylic acids is 1. The summed E-state index contributed by atoms with van der Waals surface area (Å²) in [5.41, 5.74) is 0. The normalized spacial score (nSPS) is 11.0. The van der Waals surface area contributed by atoms with E-state index in [9.17, 15) is 9.59 Å². The first-order chi connectivity index (χ1) is 15.7. The third kappa shape index (κ3) is 27.0. The second kappa shape index (κ2) is 26.2. The Morgan fingerprint density at radius 1 is 0.500 bits per heavy atom. The smallest absolute Gasteiger partial charge is 0.305 e. The highest BCUT2D eigenvalue weighted by molar-refractivity contribution is 5.69. The largest absolute Gasteiger partial charge is 0.481 e. The molecular formula is C28H54O4. The van der Waals surface area contributed by atoms with Crippen molar-refractivity contribution >= 4 is 11.9 Å². The molecule has 0 aliphatic heterocycles. The van der Waals surface area contributed by atoms with E-state index in [0.717, 1.165) is 44.9 Å². The molecule has 190 valence electrons.